The third kappa shape index (κ3) is 3.02. The molecule has 2 atom stereocenters. The van der Waals surface area contributed by atoms with Crippen LogP contribution in [0.3, 0.4) is 0 Å². The molecule has 0 spiro atoms. The minimum Gasteiger partial charge on any atom is -0.463 e. The van der Waals surface area contributed by atoms with Gasteiger partial charge in [-0.2, -0.15) is 0 Å². The van der Waals surface area contributed by atoms with Crippen LogP contribution in [0, 0.1) is 5.92 Å². The van der Waals surface area contributed by atoms with E-state index in [0.29, 0.717) is 6.61 Å². The summed E-state index contributed by atoms with van der Waals surface area (Å²) in [6.45, 7) is 5.07. The van der Waals surface area contributed by atoms with Crippen molar-refractivity contribution in [3.8, 4) is 0 Å². The molecule has 2 N–H and O–H groups in total. The smallest absolute Gasteiger partial charge is 0.337 e. The Morgan fingerprint density at radius 3 is 2.65 bits per heavy atom. The van der Waals surface area contributed by atoms with E-state index in [1.54, 1.807) is 0 Å². The zero-order chi connectivity index (χ0) is 14.6. The van der Waals surface area contributed by atoms with Crippen LogP contribution < -0.4 is 5.32 Å². The predicted octanol–water partition coefficient (Wildman–Crippen LogP) is 1.83. The molecule has 0 amide bonds. The summed E-state index contributed by atoms with van der Waals surface area (Å²) in [7, 11) is 0. The van der Waals surface area contributed by atoms with Gasteiger partial charge in [-0.25, -0.2) is 4.79 Å². The van der Waals surface area contributed by atoms with Gasteiger partial charge in [0.1, 0.15) is 0 Å². The first-order valence-corrected chi connectivity index (χ1v) is 7.21. The van der Waals surface area contributed by atoms with Gasteiger partial charge in [0.15, 0.2) is 6.10 Å². The lowest BCUT2D eigenvalue weighted by Gasteiger charge is -2.33. The minimum absolute atomic E-state index is 0.260. The number of hydrogen-bond acceptors (Lipinski definition) is 4. The monoisotopic (exact) mass is 277 g/mol. The lowest BCUT2D eigenvalue weighted by Crippen LogP contribution is -2.52. The molecule has 1 aliphatic rings. The number of esters is 1. The number of aliphatic hydroxyl groups excluding tert-OH is 1. The van der Waals surface area contributed by atoms with Crippen molar-refractivity contribution < 1.29 is 14.6 Å². The van der Waals surface area contributed by atoms with Crippen molar-refractivity contribution in [3.63, 3.8) is 0 Å². The van der Waals surface area contributed by atoms with Gasteiger partial charge in [-0.05, 0) is 30.9 Å². The molecule has 4 nitrogen and oxygen atoms in total. The van der Waals surface area contributed by atoms with Gasteiger partial charge in [0.25, 0.3) is 0 Å². The lowest BCUT2D eigenvalue weighted by atomic mass is 9.83. The van der Waals surface area contributed by atoms with Gasteiger partial charge < -0.3 is 15.2 Å². The van der Waals surface area contributed by atoms with E-state index in [0.717, 1.165) is 24.9 Å². The molecular formula is C16H23NO3. The summed E-state index contributed by atoms with van der Waals surface area (Å²) in [6, 6.07) is 9.65. The summed E-state index contributed by atoms with van der Waals surface area (Å²) in [5.41, 5.74) is 0.224. The molecular weight excluding hydrogens is 254 g/mol. The molecule has 0 saturated carbocycles. The molecule has 1 heterocycles. The highest BCUT2D eigenvalue weighted by atomic mass is 16.5. The van der Waals surface area contributed by atoms with Crippen molar-refractivity contribution in [2.24, 2.45) is 5.92 Å². The lowest BCUT2D eigenvalue weighted by molar-refractivity contribution is -0.159. The van der Waals surface area contributed by atoms with Crippen molar-refractivity contribution in [1.82, 2.24) is 5.32 Å². The number of aliphatic hydroxyl groups is 1. The Hall–Kier alpha value is -1.39. The molecule has 1 fully saturated rings. The third-order valence-electron chi connectivity index (χ3n) is 3.73. The van der Waals surface area contributed by atoms with E-state index in [2.05, 4.69) is 5.32 Å². The van der Waals surface area contributed by atoms with Crippen molar-refractivity contribution in [1.29, 1.82) is 0 Å². The first-order chi connectivity index (χ1) is 9.56. The quantitative estimate of drug-likeness (QED) is 0.806. The molecule has 1 unspecified atom stereocenters. The molecule has 0 aromatic heterocycles. The summed E-state index contributed by atoms with van der Waals surface area (Å²) in [4.78, 5) is 12.1. The summed E-state index contributed by atoms with van der Waals surface area (Å²) in [5.74, 6) is -0.285. The summed E-state index contributed by atoms with van der Waals surface area (Å²) < 4.78 is 5.20. The maximum absolute atomic E-state index is 12.1. The molecule has 1 aromatic rings. The Morgan fingerprint density at radius 2 is 2.10 bits per heavy atom. The molecule has 20 heavy (non-hydrogen) atoms. The van der Waals surface area contributed by atoms with Gasteiger partial charge in [0.05, 0.1) is 12.1 Å². The zero-order valence-corrected chi connectivity index (χ0v) is 12.1. The molecule has 1 saturated heterocycles. The van der Waals surface area contributed by atoms with E-state index in [9.17, 15) is 9.90 Å². The van der Waals surface area contributed by atoms with Crippen molar-refractivity contribution in [3.05, 3.63) is 35.9 Å². The van der Waals surface area contributed by atoms with Gasteiger partial charge in [-0.15, -0.1) is 0 Å². The van der Waals surface area contributed by atoms with E-state index >= 15 is 0 Å². The number of rotatable bonds is 5. The van der Waals surface area contributed by atoms with Gasteiger partial charge in [0.2, 0.25) is 0 Å². The molecule has 0 aliphatic carbocycles. The van der Waals surface area contributed by atoms with Gasteiger partial charge in [-0.1, -0.05) is 44.2 Å². The molecule has 2 rings (SSSR count). The first-order valence-electron chi connectivity index (χ1n) is 7.21. The second kappa shape index (κ2) is 6.37. The van der Waals surface area contributed by atoms with E-state index in [-0.39, 0.29) is 5.92 Å². The third-order valence-corrected chi connectivity index (χ3v) is 3.73. The van der Waals surface area contributed by atoms with Crippen LogP contribution in [0.4, 0.5) is 0 Å². The average molecular weight is 277 g/mol. The minimum atomic E-state index is -1.17. The average Bonchev–Trinajstić information content (AvgIpc) is 2.95. The largest absolute Gasteiger partial charge is 0.463 e. The van der Waals surface area contributed by atoms with Crippen LogP contribution in [-0.2, 0) is 15.1 Å². The van der Waals surface area contributed by atoms with E-state index in [1.807, 2.05) is 44.2 Å². The van der Waals surface area contributed by atoms with Gasteiger partial charge in [0, 0.05) is 0 Å². The van der Waals surface area contributed by atoms with Crippen LogP contribution in [0.5, 0.6) is 0 Å². The highest BCUT2D eigenvalue weighted by molar-refractivity contribution is 5.77. The van der Waals surface area contributed by atoms with Crippen LogP contribution >= 0.6 is 0 Å². The van der Waals surface area contributed by atoms with E-state index in [1.165, 1.54) is 0 Å². The molecule has 110 valence electrons. The van der Waals surface area contributed by atoms with Gasteiger partial charge >= 0.3 is 5.97 Å². The second-order valence-electron chi connectivity index (χ2n) is 5.79. The fraction of sp³-hybridized carbons (Fsp3) is 0.562. The highest BCUT2D eigenvalue weighted by Gasteiger charge is 2.46. The number of nitrogens with one attached hydrogen (secondary N) is 1. The molecule has 4 heteroatoms. The van der Waals surface area contributed by atoms with Crippen LogP contribution in [0.1, 0.15) is 32.3 Å². The normalized spacial score (nSPS) is 23.8. The Morgan fingerprint density at radius 1 is 1.40 bits per heavy atom. The van der Waals surface area contributed by atoms with Crippen LogP contribution in [0.2, 0.25) is 0 Å². The maximum Gasteiger partial charge on any atom is 0.337 e. The summed E-state index contributed by atoms with van der Waals surface area (Å²) >= 11 is 0. The van der Waals surface area contributed by atoms with Crippen LogP contribution in [-0.4, -0.2) is 30.3 Å². The number of benzene rings is 1. The van der Waals surface area contributed by atoms with Gasteiger partial charge in [-0.3, -0.25) is 0 Å². The van der Waals surface area contributed by atoms with Crippen LogP contribution in [0.15, 0.2) is 30.3 Å². The SMILES string of the molecule is CC(C)COC(=O)C(O)[C@]1(c2ccccc2)CCCN1. The first kappa shape index (κ1) is 15.0. The van der Waals surface area contributed by atoms with Crippen LogP contribution in [0.25, 0.3) is 0 Å². The Balaban J connectivity index is 2.18. The Labute approximate surface area is 120 Å². The number of ether oxygens (including phenoxy) is 1. The Kier molecular flexibility index (Phi) is 4.78. The Bertz CT molecular complexity index is 438. The predicted molar refractivity (Wildman–Crippen MR) is 77.2 cm³/mol. The van der Waals surface area contributed by atoms with Crippen molar-refractivity contribution in [2.45, 2.75) is 38.3 Å². The number of carbonyl (C=O) groups excluding carboxylic acids is 1. The molecule has 1 aromatic carbocycles. The molecule has 0 radical (unpaired) electrons. The zero-order valence-electron chi connectivity index (χ0n) is 12.1. The maximum atomic E-state index is 12.1. The fourth-order valence-corrected chi connectivity index (χ4v) is 2.67. The van der Waals surface area contributed by atoms with E-state index in [4.69, 9.17) is 4.74 Å². The van der Waals surface area contributed by atoms with E-state index < -0.39 is 17.6 Å². The standard InChI is InChI=1S/C16H23NO3/c1-12(2)11-20-15(19)14(18)16(9-6-10-17-16)13-7-4-3-5-8-13/h3-5,7-8,12,14,17-18H,6,9-11H2,1-2H3/t14?,16-/m1/s1. The highest BCUT2D eigenvalue weighted by Crippen LogP contribution is 2.34. The molecule has 1 aliphatic heterocycles. The fourth-order valence-electron chi connectivity index (χ4n) is 2.67. The number of hydrogen-bond donors (Lipinski definition) is 2. The van der Waals surface area contributed by atoms with Crippen molar-refractivity contribution in [2.75, 3.05) is 13.2 Å². The van der Waals surface area contributed by atoms with Crippen molar-refractivity contribution >= 4 is 5.97 Å². The second-order valence-corrected chi connectivity index (χ2v) is 5.79. The number of carbonyl (C=O) groups is 1. The topological polar surface area (TPSA) is 58.6 Å². The summed E-state index contributed by atoms with van der Waals surface area (Å²) in [6.07, 6.45) is 0.490. The molecule has 0 bridgehead atoms. The summed E-state index contributed by atoms with van der Waals surface area (Å²) in [5, 5.41) is 13.8.